The van der Waals surface area contributed by atoms with Gasteiger partial charge in [0.15, 0.2) is 0 Å². The van der Waals surface area contributed by atoms with E-state index in [0.29, 0.717) is 0 Å². The van der Waals surface area contributed by atoms with Crippen LogP contribution in [0.2, 0.25) is 0 Å². The molecule has 0 saturated heterocycles. The van der Waals surface area contributed by atoms with E-state index in [-0.39, 0.29) is 0 Å². The third-order valence-electron chi connectivity index (χ3n) is 1.81. The predicted octanol–water partition coefficient (Wildman–Crippen LogP) is 2.74. The molecule has 0 aromatic carbocycles. The van der Waals surface area contributed by atoms with E-state index in [1.54, 1.807) is 18.5 Å². The highest BCUT2D eigenvalue weighted by Gasteiger charge is 2.05. The summed E-state index contributed by atoms with van der Waals surface area (Å²) in [5.41, 5.74) is 1.73. The summed E-state index contributed by atoms with van der Waals surface area (Å²) < 4.78 is 0. The molecule has 0 unspecified atom stereocenters. The highest BCUT2D eigenvalue weighted by molar-refractivity contribution is 7.13. The van der Waals surface area contributed by atoms with Crippen molar-refractivity contribution in [2.45, 2.75) is 0 Å². The molecule has 0 saturated carbocycles. The Kier molecular flexibility index (Phi) is 2.86. The first-order chi connectivity index (χ1) is 7.42. The molecule has 4 heteroatoms. The number of allylic oxidation sites excluding steroid dienone is 1. The Balaban J connectivity index is 2.48. The van der Waals surface area contributed by atoms with Crippen molar-refractivity contribution in [3.8, 4) is 16.8 Å². The van der Waals surface area contributed by atoms with Gasteiger partial charge in [-0.15, -0.1) is 11.3 Å². The van der Waals surface area contributed by atoms with E-state index in [2.05, 4.69) is 9.97 Å². The Labute approximate surface area is 91.4 Å². The van der Waals surface area contributed by atoms with Crippen LogP contribution in [0.4, 0.5) is 0 Å². The van der Waals surface area contributed by atoms with E-state index >= 15 is 0 Å². The maximum atomic E-state index is 8.48. The van der Waals surface area contributed by atoms with Crippen LogP contribution in [0.3, 0.4) is 0 Å². The van der Waals surface area contributed by atoms with E-state index < -0.39 is 0 Å². The van der Waals surface area contributed by atoms with Gasteiger partial charge in [0.2, 0.25) is 0 Å². The van der Waals surface area contributed by atoms with Gasteiger partial charge in [0.25, 0.3) is 0 Å². The number of aromatic nitrogens is 2. The minimum absolute atomic E-state index is 0.819. The van der Waals surface area contributed by atoms with Gasteiger partial charge in [-0.3, -0.25) is 4.98 Å². The monoisotopic (exact) mass is 213 g/mol. The van der Waals surface area contributed by atoms with E-state index in [0.717, 1.165) is 16.3 Å². The first kappa shape index (κ1) is 9.56. The number of hydrogen-bond donors (Lipinski definition) is 0. The highest BCUT2D eigenvalue weighted by atomic mass is 32.1. The molecular weight excluding hydrogens is 206 g/mol. The summed E-state index contributed by atoms with van der Waals surface area (Å²) in [6.07, 6.45) is 6.64. The summed E-state index contributed by atoms with van der Waals surface area (Å²) in [7, 11) is 0. The largest absolute Gasteiger partial charge is 0.253 e. The Morgan fingerprint density at radius 2 is 2.27 bits per heavy atom. The lowest BCUT2D eigenvalue weighted by Gasteiger charge is -1.99. The van der Waals surface area contributed by atoms with Crippen LogP contribution in [0.15, 0.2) is 36.0 Å². The molecule has 0 aliphatic heterocycles. The molecule has 0 amide bonds. The maximum absolute atomic E-state index is 8.48. The molecule has 15 heavy (non-hydrogen) atoms. The standard InChI is InChI=1S/C11H7N3S/c12-5-1-3-9-4-2-6-13-10(9)11-14-7-8-15-11/h1-4,6-8H. The zero-order valence-electron chi connectivity index (χ0n) is 7.79. The van der Waals surface area contributed by atoms with E-state index in [1.165, 1.54) is 17.4 Å². The molecule has 0 spiro atoms. The smallest absolute Gasteiger partial charge is 0.142 e. The third kappa shape index (κ3) is 2.09. The van der Waals surface area contributed by atoms with Crippen molar-refractivity contribution >= 4 is 17.4 Å². The van der Waals surface area contributed by atoms with Gasteiger partial charge in [0, 0.05) is 29.4 Å². The lowest BCUT2D eigenvalue weighted by atomic mass is 10.2. The fourth-order valence-corrected chi connectivity index (χ4v) is 1.85. The van der Waals surface area contributed by atoms with Gasteiger partial charge in [0.05, 0.1) is 6.07 Å². The van der Waals surface area contributed by atoms with Crippen LogP contribution in [0, 0.1) is 11.3 Å². The van der Waals surface area contributed by atoms with Gasteiger partial charge in [-0.1, -0.05) is 6.07 Å². The van der Waals surface area contributed by atoms with Crippen molar-refractivity contribution in [1.29, 1.82) is 5.26 Å². The number of thiazole rings is 1. The normalized spacial score (nSPS) is 10.3. The minimum atomic E-state index is 0.819. The second-order valence-corrected chi connectivity index (χ2v) is 3.64. The van der Waals surface area contributed by atoms with Crippen molar-refractivity contribution in [3.63, 3.8) is 0 Å². The van der Waals surface area contributed by atoms with Crippen molar-refractivity contribution < 1.29 is 0 Å². The van der Waals surface area contributed by atoms with Crippen LogP contribution >= 0.6 is 11.3 Å². The Morgan fingerprint density at radius 1 is 1.33 bits per heavy atom. The van der Waals surface area contributed by atoms with Crippen molar-refractivity contribution in [3.05, 3.63) is 41.5 Å². The lowest BCUT2D eigenvalue weighted by molar-refractivity contribution is 1.28. The Bertz CT molecular complexity index is 509. The van der Waals surface area contributed by atoms with Gasteiger partial charge < -0.3 is 0 Å². The first-order valence-corrected chi connectivity index (χ1v) is 5.21. The van der Waals surface area contributed by atoms with Gasteiger partial charge in [-0.25, -0.2) is 4.98 Å². The fraction of sp³-hybridized carbons (Fsp3) is 0. The molecule has 2 aromatic rings. The predicted molar refractivity (Wildman–Crippen MR) is 60.0 cm³/mol. The molecule has 0 fully saturated rings. The molecular formula is C11H7N3S. The quantitative estimate of drug-likeness (QED) is 0.721. The van der Waals surface area contributed by atoms with Crippen LogP contribution in [0.1, 0.15) is 5.56 Å². The fourth-order valence-electron chi connectivity index (χ4n) is 1.20. The molecule has 0 radical (unpaired) electrons. The SMILES string of the molecule is N#CC=Cc1cccnc1-c1nccs1. The highest BCUT2D eigenvalue weighted by Crippen LogP contribution is 2.23. The maximum Gasteiger partial charge on any atom is 0.142 e. The van der Waals surface area contributed by atoms with E-state index in [9.17, 15) is 0 Å². The van der Waals surface area contributed by atoms with Gasteiger partial charge in [0.1, 0.15) is 10.7 Å². The van der Waals surface area contributed by atoms with Crippen LogP contribution in [0.25, 0.3) is 16.8 Å². The first-order valence-electron chi connectivity index (χ1n) is 4.33. The zero-order valence-corrected chi connectivity index (χ0v) is 8.61. The van der Waals surface area contributed by atoms with Gasteiger partial charge >= 0.3 is 0 Å². The topological polar surface area (TPSA) is 49.6 Å². The van der Waals surface area contributed by atoms with Crippen molar-refractivity contribution in [2.24, 2.45) is 0 Å². The molecule has 2 heterocycles. The number of nitriles is 1. The zero-order chi connectivity index (χ0) is 10.5. The molecule has 3 nitrogen and oxygen atoms in total. The van der Waals surface area contributed by atoms with E-state index in [4.69, 9.17) is 5.26 Å². The average molecular weight is 213 g/mol. The van der Waals surface area contributed by atoms with Crippen LogP contribution in [-0.4, -0.2) is 9.97 Å². The van der Waals surface area contributed by atoms with Crippen LogP contribution in [0.5, 0.6) is 0 Å². The van der Waals surface area contributed by atoms with E-state index in [1.807, 2.05) is 23.6 Å². The summed E-state index contributed by atoms with van der Waals surface area (Å²) in [5.74, 6) is 0. The van der Waals surface area contributed by atoms with Crippen molar-refractivity contribution in [1.82, 2.24) is 9.97 Å². The van der Waals surface area contributed by atoms with Gasteiger partial charge in [-0.2, -0.15) is 5.26 Å². The summed E-state index contributed by atoms with van der Waals surface area (Å²) in [6, 6.07) is 5.72. The summed E-state index contributed by atoms with van der Waals surface area (Å²) in [6.45, 7) is 0. The average Bonchev–Trinajstić information content (AvgIpc) is 2.80. The molecule has 72 valence electrons. The molecule has 0 N–H and O–H groups in total. The number of hydrogen-bond acceptors (Lipinski definition) is 4. The number of rotatable bonds is 2. The Hall–Kier alpha value is -1.99. The molecule has 2 aromatic heterocycles. The third-order valence-corrected chi connectivity index (χ3v) is 2.59. The molecule has 0 atom stereocenters. The summed E-state index contributed by atoms with van der Waals surface area (Å²) in [5, 5.41) is 11.3. The van der Waals surface area contributed by atoms with Gasteiger partial charge in [-0.05, 0) is 12.1 Å². The molecule has 0 bridgehead atoms. The lowest BCUT2D eigenvalue weighted by Crippen LogP contribution is -1.85. The minimum Gasteiger partial charge on any atom is -0.253 e. The number of nitrogens with zero attached hydrogens (tertiary/aromatic N) is 3. The molecule has 2 rings (SSSR count). The van der Waals surface area contributed by atoms with Crippen LogP contribution in [-0.2, 0) is 0 Å². The summed E-state index contributed by atoms with van der Waals surface area (Å²) >= 11 is 1.53. The van der Waals surface area contributed by atoms with Crippen molar-refractivity contribution in [2.75, 3.05) is 0 Å². The Morgan fingerprint density at radius 3 is 3.00 bits per heavy atom. The molecule has 0 aliphatic rings. The van der Waals surface area contributed by atoms with Crippen LogP contribution < -0.4 is 0 Å². The summed E-state index contributed by atoms with van der Waals surface area (Å²) in [4.78, 5) is 8.46. The second-order valence-electron chi connectivity index (χ2n) is 2.74. The second kappa shape index (κ2) is 4.49. The molecule has 0 aliphatic carbocycles. The number of pyridine rings is 1.